The van der Waals surface area contributed by atoms with Crippen LogP contribution in [0.5, 0.6) is 5.75 Å². The van der Waals surface area contributed by atoms with E-state index in [9.17, 15) is 0 Å². The minimum absolute atomic E-state index is 0.722. The Morgan fingerprint density at radius 2 is 1.95 bits per heavy atom. The van der Waals surface area contributed by atoms with Crippen molar-refractivity contribution >= 4 is 0 Å². The van der Waals surface area contributed by atoms with Gasteiger partial charge in [0.2, 0.25) is 0 Å². The molecule has 21 heavy (non-hydrogen) atoms. The van der Waals surface area contributed by atoms with Crippen LogP contribution >= 0.6 is 0 Å². The zero-order chi connectivity index (χ0) is 14.5. The standard InChI is InChI=1S/C18H28N2O/c1-21-18-8-6-15(7-9-18)10-12-20(13-16-4-5-16)14-17-3-2-11-19-17/h6-9,16-17,19H,2-5,10-14H2,1H3. The first-order valence-electron chi connectivity index (χ1n) is 8.42. The molecule has 1 aromatic rings. The van der Waals surface area contributed by atoms with Crippen molar-refractivity contribution in [3.8, 4) is 5.75 Å². The molecule has 116 valence electrons. The van der Waals surface area contributed by atoms with E-state index in [4.69, 9.17) is 4.74 Å². The Balaban J connectivity index is 1.49. The first-order valence-corrected chi connectivity index (χ1v) is 8.42. The average Bonchev–Trinajstić information content (AvgIpc) is 3.18. The monoisotopic (exact) mass is 288 g/mol. The minimum Gasteiger partial charge on any atom is -0.497 e. The number of hydrogen-bond acceptors (Lipinski definition) is 3. The van der Waals surface area contributed by atoms with Crippen molar-refractivity contribution in [3.63, 3.8) is 0 Å². The molecule has 1 N–H and O–H groups in total. The van der Waals surface area contributed by atoms with E-state index in [0.29, 0.717) is 0 Å². The van der Waals surface area contributed by atoms with Crippen LogP contribution in [0.4, 0.5) is 0 Å². The van der Waals surface area contributed by atoms with Gasteiger partial charge in [-0.1, -0.05) is 12.1 Å². The maximum absolute atomic E-state index is 5.23. The molecule has 1 saturated carbocycles. The second-order valence-corrected chi connectivity index (χ2v) is 6.59. The molecular weight excluding hydrogens is 260 g/mol. The summed E-state index contributed by atoms with van der Waals surface area (Å²) in [4.78, 5) is 2.69. The van der Waals surface area contributed by atoms with Crippen molar-refractivity contribution in [2.24, 2.45) is 5.92 Å². The summed E-state index contributed by atoms with van der Waals surface area (Å²) in [7, 11) is 1.72. The minimum atomic E-state index is 0.722. The number of methoxy groups -OCH3 is 1. The molecule has 1 atom stereocenters. The molecule has 2 aliphatic rings. The van der Waals surface area contributed by atoms with Gasteiger partial charge in [-0.15, -0.1) is 0 Å². The Morgan fingerprint density at radius 3 is 2.57 bits per heavy atom. The summed E-state index contributed by atoms with van der Waals surface area (Å²) in [6, 6.07) is 9.25. The third-order valence-electron chi connectivity index (χ3n) is 4.73. The molecule has 3 heteroatoms. The molecule has 1 unspecified atom stereocenters. The molecule has 3 rings (SSSR count). The summed E-state index contributed by atoms with van der Waals surface area (Å²) in [5.41, 5.74) is 1.41. The number of benzene rings is 1. The molecule has 2 fully saturated rings. The maximum Gasteiger partial charge on any atom is 0.118 e. The van der Waals surface area contributed by atoms with Crippen molar-refractivity contribution in [2.45, 2.75) is 38.1 Å². The lowest BCUT2D eigenvalue weighted by Crippen LogP contribution is -2.39. The first-order chi connectivity index (χ1) is 10.3. The SMILES string of the molecule is COc1ccc(CCN(CC2CC2)CC2CCCN2)cc1. The van der Waals surface area contributed by atoms with Gasteiger partial charge in [-0.3, -0.25) is 0 Å². The average molecular weight is 288 g/mol. The molecule has 1 aliphatic carbocycles. The Hall–Kier alpha value is -1.06. The molecule has 1 aliphatic heterocycles. The van der Waals surface area contributed by atoms with Crippen LogP contribution in [0.3, 0.4) is 0 Å². The summed E-state index contributed by atoms with van der Waals surface area (Å²) in [5.74, 6) is 1.92. The van der Waals surface area contributed by atoms with Gasteiger partial charge < -0.3 is 15.0 Å². The van der Waals surface area contributed by atoms with Gasteiger partial charge in [0.15, 0.2) is 0 Å². The number of rotatable bonds is 8. The lowest BCUT2D eigenvalue weighted by atomic mass is 10.1. The Bertz CT molecular complexity index is 421. The highest BCUT2D eigenvalue weighted by atomic mass is 16.5. The van der Waals surface area contributed by atoms with Gasteiger partial charge in [-0.05, 0) is 62.3 Å². The highest BCUT2D eigenvalue weighted by molar-refractivity contribution is 5.27. The lowest BCUT2D eigenvalue weighted by molar-refractivity contribution is 0.242. The number of hydrogen-bond donors (Lipinski definition) is 1. The molecule has 1 saturated heterocycles. The van der Waals surface area contributed by atoms with Crippen LogP contribution in [0.25, 0.3) is 0 Å². The molecule has 0 radical (unpaired) electrons. The summed E-state index contributed by atoms with van der Waals surface area (Å²) >= 11 is 0. The van der Waals surface area contributed by atoms with E-state index in [1.165, 1.54) is 57.4 Å². The predicted molar refractivity (Wildman–Crippen MR) is 86.9 cm³/mol. The molecule has 0 aromatic heterocycles. The van der Waals surface area contributed by atoms with E-state index >= 15 is 0 Å². The van der Waals surface area contributed by atoms with Gasteiger partial charge in [0.1, 0.15) is 5.75 Å². The fourth-order valence-corrected chi connectivity index (χ4v) is 3.23. The van der Waals surface area contributed by atoms with E-state index in [2.05, 4.69) is 34.5 Å². The van der Waals surface area contributed by atoms with Gasteiger partial charge in [0.05, 0.1) is 7.11 Å². The number of nitrogens with one attached hydrogen (secondary N) is 1. The molecule has 3 nitrogen and oxygen atoms in total. The molecule has 1 aromatic carbocycles. The van der Waals surface area contributed by atoms with E-state index in [1.807, 2.05) is 0 Å². The third-order valence-corrected chi connectivity index (χ3v) is 4.73. The van der Waals surface area contributed by atoms with Crippen molar-refractivity contribution in [2.75, 3.05) is 33.3 Å². The largest absolute Gasteiger partial charge is 0.497 e. The van der Waals surface area contributed by atoms with Crippen molar-refractivity contribution in [3.05, 3.63) is 29.8 Å². The molecule has 0 bridgehead atoms. The predicted octanol–water partition coefficient (Wildman–Crippen LogP) is 2.70. The van der Waals surface area contributed by atoms with E-state index in [0.717, 1.165) is 24.1 Å². The van der Waals surface area contributed by atoms with Crippen LogP contribution in [0.15, 0.2) is 24.3 Å². The van der Waals surface area contributed by atoms with E-state index < -0.39 is 0 Å². The van der Waals surface area contributed by atoms with Crippen LogP contribution in [0, 0.1) is 5.92 Å². The highest BCUT2D eigenvalue weighted by Crippen LogP contribution is 2.30. The zero-order valence-electron chi connectivity index (χ0n) is 13.2. The van der Waals surface area contributed by atoms with Crippen LogP contribution in [-0.4, -0.2) is 44.2 Å². The smallest absolute Gasteiger partial charge is 0.118 e. The van der Waals surface area contributed by atoms with Gasteiger partial charge >= 0.3 is 0 Å². The van der Waals surface area contributed by atoms with Gasteiger partial charge in [0.25, 0.3) is 0 Å². The summed E-state index contributed by atoms with van der Waals surface area (Å²) in [5, 5.41) is 3.64. The van der Waals surface area contributed by atoms with Crippen molar-refractivity contribution in [1.29, 1.82) is 0 Å². The van der Waals surface area contributed by atoms with E-state index in [1.54, 1.807) is 7.11 Å². The zero-order valence-corrected chi connectivity index (χ0v) is 13.2. The first kappa shape index (κ1) is 14.9. The van der Waals surface area contributed by atoms with Crippen LogP contribution < -0.4 is 10.1 Å². The van der Waals surface area contributed by atoms with Crippen LogP contribution in [-0.2, 0) is 6.42 Å². The fraction of sp³-hybridized carbons (Fsp3) is 0.667. The lowest BCUT2D eigenvalue weighted by Gasteiger charge is -2.25. The van der Waals surface area contributed by atoms with Crippen LogP contribution in [0.1, 0.15) is 31.2 Å². The number of ether oxygens (including phenoxy) is 1. The van der Waals surface area contributed by atoms with Crippen molar-refractivity contribution < 1.29 is 4.74 Å². The van der Waals surface area contributed by atoms with Crippen molar-refractivity contribution in [1.82, 2.24) is 10.2 Å². The van der Waals surface area contributed by atoms with Gasteiger partial charge in [-0.2, -0.15) is 0 Å². The topological polar surface area (TPSA) is 24.5 Å². The third kappa shape index (κ3) is 4.72. The highest BCUT2D eigenvalue weighted by Gasteiger charge is 2.26. The summed E-state index contributed by atoms with van der Waals surface area (Å²) < 4.78 is 5.23. The molecule has 0 spiro atoms. The second-order valence-electron chi connectivity index (χ2n) is 6.59. The number of nitrogens with zero attached hydrogens (tertiary/aromatic N) is 1. The molecule has 0 amide bonds. The second kappa shape index (κ2) is 7.28. The maximum atomic E-state index is 5.23. The Morgan fingerprint density at radius 1 is 1.14 bits per heavy atom. The fourth-order valence-electron chi connectivity index (χ4n) is 3.23. The molecule has 1 heterocycles. The van der Waals surface area contributed by atoms with E-state index in [-0.39, 0.29) is 0 Å². The summed E-state index contributed by atoms with van der Waals surface area (Å²) in [6.45, 7) is 4.92. The van der Waals surface area contributed by atoms with Gasteiger partial charge in [0, 0.05) is 25.7 Å². The van der Waals surface area contributed by atoms with Gasteiger partial charge in [-0.25, -0.2) is 0 Å². The molecular formula is C18H28N2O. The summed E-state index contributed by atoms with van der Waals surface area (Å²) in [6.07, 6.45) is 6.72. The van der Waals surface area contributed by atoms with Crippen LogP contribution in [0.2, 0.25) is 0 Å². The Kier molecular flexibility index (Phi) is 5.15. The normalized spacial score (nSPS) is 21.9. The quantitative estimate of drug-likeness (QED) is 0.796. The Labute approximate surface area is 128 Å².